The van der Waals surface area contributed by atoms with Gasteiger partial charge in [-0.15, -0.1) is 0 Å². The summed E-state index contributed by atoms with van der Waals surface area (Å²) in [6.07, 6.45) is 3.14. The van der Waals surface area contributed by atoms with Gasteiger partial charge in [-0.25, -0.2) is 0 Å². The molecule has 2 saturated heterocycles. The van der Waals surface area contributed by atoms with Crippen LogP contribution in [-0.4, -0.2) is 81.5 Å². The summed E-state index contributed by atoms with van der Waals surface area (Å²) in [4.78, 5) is 41.6. The van der Waals surface area contributed by atoms with Crippen molar-refractivity contribution in [1.82, 2.24) is 4.90 Å². The summed E-state index contributed by atoms with van der Waals surface area (Å²) in [5.74, 6) is -2.24. The number of nitrogens with zero attached hydrogens (tertiary/aromatic N) is 1. The van der Waals surface area contributed by atoms with Crippen molar-refractivity contribution in [2.24, 2.45) is 16.7 Å². The molecule has 7 atom stereocenters. The lowest BCUT2D eigenvalue weighted by molar-refractivity contribution is -0.356. The molecule has 38 heavy (non-hydrogen) atoms. The minimum absolute atomic E-state index is 0.0732. The van der Waals surface area contributed by atoms with Crippen molar-refractivity contribution < 1.29 is 38.8 Å². The van der Waals surface area contributed by atoms with Gasteiger partial charge in [0.25, 0.3) is 0 Å². The maximum atomic E-state index is 14.2. The fourth-order valence-electron chi connectivity index (χ4n) is 7.93. The van der Waals surface area contributed by atoms with Gasteiger partial charge in [-0.1, -0.05) is 27.2 Å². The van der Waals surface area contributed by atoms with Crippen molar-refractivity contribution >= 4 is 17.7 Å². The van der Waals surface area contributed by atoms with Gasteiger partial charge in [-0.2, -0.15) is 0 Å². The second-order valence-corrected chi connectivity index (χ2v) is 13.1. The van der Waals surface area contributed by atoms with Gasteiger partial charge in [0.05, 0.1) is 23.7 Å². The highest BCUT2D eigenvalue weighted by molar-refractivity contribution is 5.93. The van der Waals surface area contributed by atoms with Crippen LogP contribution in [0.15, 0.2) is 11.8 Å². The Labute approximate surface area is 225 Å². The second-order valence-electron chi connectivity index (χ2n) is 13.1. The molecule has 0 spiro atoms. The maximum absolute atomic E-state index is 14.2. The number of rotatable bonds is 5. The molecular formula is C29H45NO8. The number of esters is 2. The Bertz CT molecular complexity index is 1020. The van der Waals surface area contributed by atoms with Gasteiger partial charge in [0, 0.05) is 19.3 Å². The van der Waals surface area contributed by atoms with Crippen LogP contribution in [0.2, 0.25) is 0 Å². The molecule has 4 aliphatic rings. The molecule has 4 rings (SSSR count). The Morgan fingerprint density at radius 1 is 1.13 bits per heavy atom. The summed E-state index contributed by atoms with van der Waals surface area (Å²) in [5.41, 5.74) is -7.19. The van der Waals surface area contributed by atoms with Gasteiger partial charge in [0.15, 0.2) is 17.5 Å². The zero-order valence-corrected chi connectivity index (χ0v) is 24.0. The van der Waals surface area contributed by atoms with E-state index in [-0.39, 0.29) is 18.7 Å². The van der Waals surface area contributed by atoms with Crippen LogP contribution < -0.4 is 0 Å². The number of Topliss-reactive ketones (excluding diaryl/α,β-unsaturated/α-hetero) is 1. The van der Waals surface area contributed by atoms with Gasteiger partial charge in [0.2, 0.25) is 0 Å². The third-order valence-electron chi connectivity index (χ3n) is 9.92. The van der Waals surface area contributed by atoms with E-state index in [0.717, 1.165) is 32.4 Å². The molecule has 0 aromatic rings. The van der Waals surface area contributed by atoms with E-state index >= 15 is 0 Å². The van der Waals surface area contributed by atoms with E-state index in [0.29, 0.717) is 12.8 Å². The Balaban J connectivity index is 1.84. The first-order chi connectivity index (χ1) is 17.6. The summed E-state index contributed by atoms with van der Waals surface area (Å²) in [5, 5.41) is 24.6. The van der Waals surface area contributed by atoms with Crippen LogP contribution in [0.25, 0.3) is 0 Å². The Kier molecular flexibility index (Phi) is 7.43. The predicted octanol–water partition coefficient (Wildman–Crippen LogP) is 2.91. The average molecular weight is 536 g/mol. The number of ketones is 1. The molecule has 2 aliphatic heterocycles. The number of hydrogen-bond donors (Lipinski definition) is 2. The van der Waals surface area contributed by atoms with E-state index in [2.05, 4.69) is 0 Å². The van der Waals surface area contributed by atoms with Crippen LogP contribution in [0.3, 0.4) is 0 Å². The molecule has 3 fully saturated rings. The largest absolute Gasteiger partial charge is 0.457 e. The average Bonchev–Trinajstić information content (AvgIpc) is 2.82. The molecule has 9 heteroatoms. The monoisotopic (exact) mass is 535 g/mol. The zero-order valence-electron chi connectivity index (χ0n) is 24.0. The van der Waals surface area contributed by atoms with Crippen LogP contribution in [-0.2, 0) is 28.6 Å². The lowest BCUT2D eigenvalue weighted by atomic mass is 9.41. The highest BCUT2D eigenvalue weighted by Gasteiger charge is 2.81. The lowest BCUT2D eigenvalue weighted by Gasteiger charge is -2.69. The topological polar surface area (TPSA) is 123 Å². The van der Waals surface area contributed by atoms with Crippen LogP contribution >= 0.6 is 0 Å². The number of allylic oxidation sites excluding steroid dienone is 1. The minimum atomic E-state index is -2.26. The normalized spacial score (nSPS) is 42.9. The molecule has 2 aliphatic carbocycles. The summed E-state index contributed by atoms with van der Waals surface area (Å²) >= 11 is 0. The van der Waals surface area contributed by atoms with Crippen molar-refractivity contribution in [3.8, 4) is 0 Å². The van der Waals surface area contributed by atoms with Crippen molar-refractivity contribution in [2.45, 2.75) is 116 Å². The van der Waals surface area contributed by atoms with E-state index in [9.17, 15) is 24.6 Å². The standard InChI is InChI=1S/C29H45NO8/c1-8-26(5)16-19(32)29(35)27(6)20(37-21(33)17-30-14-10-9-11-15-30)12-13-25(3,4)23(27)22(34)24(36-18(2)31)28(29,7)38-26/h12,22-24,34-35H,8-11,13-17H2,1-7H3/t22-,23-,24-,26-,27-,28+,29-/m0/s1. The Morgan fingerprint density at radius 3 is 2.34 bits per heavy atom. The third kappa shape index (κ3) is 4.25. The van der Waals surface area contributed by atoms with E-state index in [4.69, 9.17) is 14.2 Å². The predicted molar refractivity (Wildman–Crippen MR) is 139 cm³/mol. The molecule has 1 saturated carbocycles. The van der Waals surface area contributed by atoms with E-state index in [1.807, 2.05) is 25.7 Å². The quantitative estimate of drug-likeness (QED) is 0.512. The number of ether oxygens (including phenoxy) is 3. The van der Waals surface area contributed by atoms with Crippen molar-refractivity contribution in [3.63, 3.8) is 0 Å². The molecule has 2 heterocycles. The molecular weight excluding hydrogens is 490 g/mol. The summed E-state index contributed by atoms with van der Waals surface area (Å²) in [6.45, 7) is 13.7. The number of piperidine rings is 1. The number of likely N-dealkylation sites (tertiary alicyclic amines) is 1. The first kappa shape index (κ1) is 29.2. The van der Waals surface area contributed by atoms with E-state index in [1.165, 1.54) is 13.8 Å². The second kappa shape index (κ2) is 9.68. The molecule has 0 aromatic carbocycles. The molecule has 0 unspecified atom stereocenters. The van der Waals surface area contributed by atoms with Gasteiger partial charge in [-0.05, 0) is 71.0 Å². The summed E-state index contributed by atoms with van der Waals surface area (Å²) < 4.78 is 18.2. The fraction of sp³-hybridized carbons (Fsp3) is 0.828. The molecule has 0 radical (unpaired) electrons. The van der Waals surface area contributed by atoms with Gasteiger partial charge >= 0.3 is 11.9 Å². The van der Waals surface area contributed by atoms with Crippen molar-refractivity contribution in [1.29, 1.82) is 0 Å². The first-order valence-electron chi connectivity index (χ1n) is 14.0. The molecule has 0 amide bonds. The fourth-order valence-corrected chi connectivity index (χ4v) is 7.93. The van der Waals surface area contributed by atoms with E-state index < -0.39 is 63.5 Å². The number of carbonyl (C=O) groups excluding carboxylic acids is 3. The number of hydrogen-bond acceptors (Lipinski definition) is 9. The summed E-state index contributed by atoms with van der Waals surface area (Å²) in [6, 6.07) is 0. The number of aliphatic hydroxyl groups excluding tert-OH is 1. The Hall–Kier alpha value is -1.81. The molecule has 0 bridgehead atoms. The van der Waals surface area contributed by atoms with Gasteiger partial charge in [0.1, 0.15) is 11.4 Å². The molecule has 9 nitrogen and oxygen atoms in total. The lowest BCUT2D eigenvalue weighted by Crippen LogP contribution is -2.85. The molecule has 0 aromatic heterocycles. The molecule has 2 N–H and O–H groups in total. The maximum Gasteiger partial charge on any atom is 0.325 e. The third-order valence-corrected chi connectivity index (χ3v) is 9.92. The first-order valence-corrected chi connectivity index (χ1v) is 14.0. The number of carbonyl (C=O) groups is 3. The van der Waals surface area contributed by atoms with Crippen molar-refractivity contribution in [2.75, 3.05) is 19.6 Å². The van der Waals surface area contributed by atoms with E-state index in [1.54, 1.807) is 19.9 Å². The minimum Gasteiger partial charge on any atom is -0.457 e. The number of aliphatic hydroxyl groups is 2. The van der Waals surface area contributed by atoms with Gasteiger partial charge in [-0.3, -0.25) is 19.3 Å². The van der Waals surface area contributed by atoms with Crippen LogP contribution in [0.4, 0.5) is 0 Å². The highest BCUT2D eigenvalue weighted by Crippen LogP contribution is 2.67. The zero-order chi connectivity index (χ0) is 28.3. The highest BCUT2D eigenvalue weighted by atomic mass is 16.6. The van der Waals surface area contributed by atoms with Gasteiger partial charge < -0.3 is 24.4 Å². The van der Waals surface area contributed by atoms with Crippen LogP contribution in [0, 0.1) is 16.7 Å². The van der Waals surface area contributed by atoms with Crippen molar-refractivity contribution in [3.05, 3.63) is 11.8 Å². The number of fused-ring (bicyclic) bond motifs is 3. The van der Waals surface area contributed by atoms with Crippen LogP contribution in [0.1, 0.15) is 87.0 Å². The SMILES string of the molecule is CC[C@@]1(C)CC(=O)[C@]2(O)[C@@]3(C)C(OC(=O)CN4CCCCC4)=CCC(C)(C)[C@@H]3[C@H](O)[C@H](OC(C)=O)[C@@]2(C)O1. The van der Waals surface area contributed by atoms with Crippen LogP contribution in [0.5, 0.6) is 0 Å². The smallest absolute Gasteiger partial charge is 0.325 e. The summed E-state index contributed by atoms with van der Waals surface area (Å²) in [7, 11) is 0. The Morgan fingerprint density at radius 2 is 1.76 bits per heavy atom. The molecule has 214 valence electrons.